The molecule has 0 bridgehead atoms. The highest BCUT2D eigenvalue weighted by atomic mass is 16.3. The first-order chi connectivity index (χ1) is 9.26. The summed E-state index contributed by atoms with van der Waals surface area (Å²) < 4.78 is 0. The second-order valence-corrected chi connectivity index (χ2v) is 5.89. The molecule has 0 aliphatic rings. The van der Waals surface area contributed by atoms with Crippen molar-refractivity contribution in [3.63, 3.8) is 0 Å². The maximum absolute atomic E-state index is 9.87. The van der Waals surface area contributed by atoms with Crippen LogP contribution in [0, 0.1) is 5.92 Å². The predicted octanol–water partition coefficient (Wildman–Crippen LogP) is 4.68. The first kappa shape index (κ1) is 18.9. The number of rotatable bonds is 14. The summed E-state index contributed by atoms with van der Waals surface area (Å²) in [7, 11) is 0. The highest BCUT2D eigenvalue weighted by Gasteiger charge is 2.15. The van der Waals surface area contributed by atoms with Crippen LogP contribution in [0.4, 0.5) is 0 Å². The van der Waals surface area contributed by atoms with Gasteiger partial charge in [0.05, 0.1) is 6.10 Å². The molecule has 0 radical (unpaired) electrons. The normalized spacial score (nSPS) is 14.5. The lowest BCUT2D eigenvalue weighted by atomic mass is 9.95. The van der Waals surface area contributed by atoms with Crippen LogP contribution in [0.1, 0.15) is 90.9 Å². The molecule has 0 spiro atoms. The van der Waals surface area contributed by atoms with E-state index in [4.69, 9.17) is 5.11 Å². The fraction of sp³-hybridized carbons (Fsp3) is 1.00. The zero-order valence-electron chi connectivity index (χ0n) is 13.2. The molecule has 2 unspecified atom stereocenters. The first-order valence-electron chi connectivity index (χ1n) is 8.55. The summed E-state index contributed by atoms with van der Waals surface area (Å²) in [6.45, 7) is 4.41. The summed E-state index contributed by atoms with van der Waals surface area (Å²) in [6, 6.07) is 0. The zero-order valence-corrected chi connectivity index (χ0v) is 13.2. The Morgan fingerprint density at radius 3 is 1.63 bits per heavy atom. The molecule has 0 saturated heterocycles. The van der Waals surface area contributed by atoms with E-state index in [1.807, 2.05) is 6.92 Å². The van der Waals surface area contributed by atoms with Crippen molar-refractivity contribution in [1.29, 1.82) is 0 Å². The van der Waals surface area contributed by atoms with Gasteiger partial charge in [0.25, 0.3) is 0 Å². The number of unbranched alkanes of at least 4 members (excludes halogenated alkanes) is 9. The topological polar surface area (TPSA) is 40.5 Å². The van der Waals surface area contributed by atoms with Gasteiger partial charge in [-0.25, -0.2) is 0 Å². The lowest BCUT2D eigenvalue weighted by Crippen LogP contribution is -2.22. The van der Waals surface area contributed by atoms with E-state index < -0.39 is 0 Å². The van der Waals surface area contributed by atoms with Gasteiger partial charge >= 0.3 is 0 Å². The molecule has 116 valence electrons. The van der Waals surface area contributed by atoms with Crippen molar-refractivity contribution < 1.29 is 10.2 Å². The van der Waals surface area contributed by atoms with Crippen molar-refractivity contribution in [3.05, 3.63) is 0 Å². The van der Waals surface area contributed by atoms with Crippen molar-refractivity contribution in [1.82, 2.24) is 0 Å². The van der Waals surface area contributed by atoms with E-state index in [1.54, 1.807) is 0 Å². The predicted molar refractivity (Wildman–Crippen MR) is 83.3 cm³/mol. The molecule has 0 aromatic heterocycles. The van der Waals surface area contributed by atoms with Crippen LogP contribution in [0.5, 0.6) is 0 Å². The van der Waals surface area contributed by atoms with Crippen molar-refractivity contribution in [2.75, 3.05) is 6.61 Å². The van der Waals surface area contributed by atoms with E-state index in [1.165, 1.54) is 57.8 Å². The molecule has 2 atom stereocenters. The number of hydrogen-bond donors (Lipinski definition) is 2. The van der Waals surface area contributed by atoms with Crippen molar-refractivity contribution in [2.45, 2.75) is 97.0 Å². The molecule has 0 heterocycles. The molecule has 0 rings (SSSR count). The minimum absolute atomic E-state index is 0.0820. The lowest BCUT2D eigenvalue weighted by molar-refractivity contribution is 0.0569. The van der Waals surface area contributed by atoms with Crippen LogP contribution in [0.2, 0.25) is 0 Å². The Morgan fingerprint density at radius 2 is 1.21 bits per heavy atom. The van der Waals surface area contributed by atoms with Crippen LogP contribution in [0.3, 0.4) is 0 Å². The fourth-order valence-electron chi connectivity index (χ4n) is 2.60. The molecule has 19 heavy (non-hydrogen) atoms. The minimum atomic E-state index is -0.302. The van der Waals surface area contributed by atoms with Gasteiger partial charge in [-0.05, 0) is 12.8 Å². The third-order valence-corrected chi connectivity index (χ3v) is 4.16. The van der Waals surface area contributed by atoms with Gasteiger partial charge < -0.3 is 10.2 Å². The third kappa shape index (κ3) is 11.4. The summed E-state index contributed by atoms with van der Waals surface area (Å²) in [5.74, 6) is 0.0820. The molecular formula is C17H36O2. The molecule has 2 N–H and O–H groups in total. The maximum Gasteiger partial charge on any atom is 0.0590 e. The summed E-state index contributed by atoms with van der Waals surface area (Å²) in [5, 5.41) is 19.0. The Balaban J connectivity index is 3.22. The first-order valence-corrected chi connectivity index (χ1v) is 8.55. The van der Waals surface area contributed by atoms with Gasteiger partial charge in [0.15, 0.2) is 0 Å². The van der Waals surface area contributed by atoms with Crippen LogP contribution in [0.15, 0.2) is 0 Å². The highest BCUT2D eigenvalue weighted by molar-refractivity contribution is 4.66. The minimum Gasteiger partial charge on any atom is -0.396 e. The van der Waals surface area contributed by atoms with Gasteiger partial charge in [-0.2, -0.15) is 0 Å². The molecular weight excluding hydrogens is 236 g/mol. The smallest absolute Gasteiger partial charge is 0.0590 e. The van der Waals surface area contributed by atoms with Crippen LogP contribution in [-0.2, 0) is 0 Å². The number of aliphatic hydroxyl groups excluding tert-OH is 2. The van der Waals surface area contributed by atoms with Crippen molar-refractivity contribution >= 4 is 0 Å². The molecule has 2 heteroatoms. The number of aliphatic hydroxyl groups is 2. The Hall–Kier alpha value is -0.0800. The Kier molecular flexibility index (Phi) is 14.3. The summed E-state index contributed by atoms with van der Waals surface area (Å²) in [4.78, 5) is 0. The van der Waals surface area contributed by atoms with E-state index in [0.717, 1.165) is 19.3 Å². The van der Waals surface area contributed by atoms with Gasteiger partial charge in [0.1, 0.15) is 0 Å². The van der Waals surface area contributed by atoms with Gasteiger partial charge in [-0.3, -0.25) is 0 Å². The third-order valence-electron chi connectivity index (χ3n) is 4.16. The summed E-state index contributed by atoms with van der Waals surface area (Å²) >= 11 is 0. The van der Waals surface area contributed by atoms with E-state index in [9.17, 15) is 5.11 Å². The molecule has 0 aromatic rings. The van der Waals surface area contributed by atoms with Crippen molar-refractivity contribution in [2.24, 2.45) is 5.92 Å². The maximum atomic E-state index is 9.87. The van der Waals surface area contributed by atoms with Gasteiger partial charge in [-0.1, -0.05) is 78.1 Å². The Bertz CT molecular complexity index is 167. The van der Waals surface area contributed by atoms with Crippen LogP contribution in [-0.4, -0.2) is 22.9 Å². The molecule has 0 aromatic carbocycles. The fourth-order valence-corrected chi connectivity index (χ4v) is 2.60. The van der Waals surface area contributed by atoms with E-state index in [-0.39, 0.29) is 18.6 Å². The molecule has 0 fully saturated rings. The lowest BCUT2D eigenvalue weighted by Gasteiger charge is -2.18. The second-order valence-electron chi connectivity index (χ2n) is 5.89. The zero-order chi connectivity index (χ0) is 14.3. The van der Waals surface area contributed by atoms with E-state index >= 15 is 0 Å². The molecule has 0 saturated carbocycles. The average Bonchev–Trinajstić information content (AvgIpc) is 2.42. The molecule has 2 nitrogen and oxygen atoms in total. The second kappa shape index (κ2) is 14.3. The molecule has 0 amide bonds. The van der Waals surface area contributed by atoms with Crippen LogP contribution < -0.4 is 0 Å². The molecule has 0 aliphatic carbocycles. The van der Waals surface area contributed by atoms with Gasteiger partial charge in [0, 0.05) is 12.5 Å². The van der Waals surface area contributed by atoms with Gasteiger partial charge in [-0.15, -0.1) is 0 Å². The highest BCUT2D eigenvalue weighted by Crippen LogP contribution is 2.16. The van der Waals surface area contributed by atoms with Crippen LogP contribution in [0.25, 0.3) is 0 Å². The summed E-state index contributed by atoms with van der Waals surface area (Å²) in [6.07, 6.45) is 14.7. The summed E-state index contributed by atoms with van der Waals surface area (Å²) in [5.41, 5.74) is 0. The van der Waals surface area contributed by atoms with Gasteiger partial charge in [0.2, 0.25) is 0 Å². The largest absolute Gasteiger partial charge is 0.396 e. The monoisotopic (exact) mass is 272 g/mol. The standard InChI is InChI=1S/C17H36O2/c1-3-5-6-7-8-9-10-11-12-13-14-17(19)16(4-2)15-18/h16-19H,3-15H2,1-2H3. The quantitative estimate of drug-likeness (QED) is 0.451. The Labute approximate surface area is 120 Å². The van der Waals surface area contributed by atoms with Crippen molar-refractivity contribution in [3.8, 4) is 0 Å². The van der Waals surface area contributed by atoms with E-state index in [2.05, 4.69) is 6.92 Å². The average molecular weight is 272 g/mol. The SMILES string of the molecule is CCCCCCCCCCCCC(O)C(CC)CO. The Morgan fingerprint density at radius 1 is 0.737 bits per heavy atom. The molecule has 0 aliphatic heterocycles. The van der Waals surface area contributed by atoms with Crippen LogP contribution >= 0.6 is 0 Å². The number of hydrogen-bond acceptors (Lipinski definition) is 2. The van der Waals surface area contributed by atoms with E-state index in [0.29, 0.717) is 0 Å².